The zero-order valence-electron chi connectivity index (χ0n) is 7.33. The van der Waals surface area contributed by atoms with Crippen LogP contribution in [0.3, 0.4) is 0 Å². The minimum Gasteiger partial charge on any atom is -0.292 e. The quantitative estimate of drug-likeness (QED) is 0.599. The van der Waals surface area contributed by atoms with E-state index < -0.39 is 5.38 Å². The molecule has 1 atom stereocenters. The summed E-state index contributed by atoms with van der Waals surface area (Å²) in [5.41, 5.74) is 1.71. The highest BCUT2D eigenvalue weighted by Crippen LogP contribution is 2.39. The number of ketones is 1. The van der Waals surface area contributed by atoms with Crippen molar-refractivity contribution in [3.8, 4) is 0 Å². The van der Waals surface area contributed by atoms with Gasteiger partial charge < -0.3 is 0 Å². The number of rotatable bonds is 0. The lowest BCUT2D eigenvalue weighted by Gasteiger charge is -1.99. The van der Waals surface area contributed by atoms with E-state index in [0.717, 1.165) is 21.9 Å². The van der Waals surface area contributed by atoms with E-state index >= 15 is 0 Å². The Morgan fingerprint density at radius 3 is 2.57 bits per heavy atom. The first-order chi connectivity index (χ1) is 6.79. The van der Waals surface area contributed by atoms with Gasteiger partial charge in [-0.3, -0.25) is 4.79 Å². The van der Waals surface area contributed by atoms with Crippen molar-refractivity contribution in [3.05, 3.63) is 47.5 Å². The molecule has 0 heterocycles. The van der Waals surface area contributed by atoms with Crippen LogP contribution >= 0.6 is 11.6 Å². The van der Waals surface area contributed by atoms with Crippen molar-refractivity contribution in [3.63, 3.8) is 0 Å². The molecule has 1 aliphatic carbocycles. The molecule has 3 rings (SSSR count). The van der Waals surface area contributed by atoms with Crippen LogP contribution in [0.2, 0.25) is 0 Å². The van der Waals surface area contributed by atoms with Crippen LogP contribution in [-0.4, -0.2) is 5.78 Å². The van der Waals surface area contributed by atoms with Crippen molar-refractivity contribution < 1.29 is 4.79 Å². The number of hydrogen-bond acceptors (Lipinski definition) is 1. The Hall–Kier alpha value is -1.34. The first-order valence-electron chi connectivity index (χ1n) is 4.49. The maximum absolute atomic E-state index is 11.7. The second-order valence-electron chi connectivity index (χ2n) is 3.48. The molecule has 2 aromatic rings. The molecule has 0 fully saturated rings. The standard InChI is InChI=1S/C12H7ClO/c13-11-8-5-1-3-7-4-2-6-9(10(7)8)12(11)14/h1-6,11H/t11-/m0/s1. The van der Waals surface area contributed by atoms with Gasteiger partial charge in [-0.2, -0.15) is 0 Å². The van der Waals surface area contributed by atoms with Crippen molar-refractivity contribution in [1.82, 2.24) is 0 Å². The third-order valence-electron chi connectivity index (χ3n) is 2.71. The van der Waals surface area contributed by atoms with Crippen LogP contribution in [0.5, 0.6) is 0 Å². The molecule has 0 amide bonds. The SMILES string of the molecule is O=C1c2cccc3cccc(c23)[C@@H]1Cl. The lowest BCUT2D eigenvalue weighted by Crippen LogP contribution is -1.97. The van der Waals surface area contributed by atoms with E-state index in [1.165, 1.54) is 0 Å². The summed E-state index contributed by atoms with van der Waals surface area (Å²) in [4.78, 5) is 11.7. The average Bonchev–Trinajstić information content (AvgIpc) is 2.47. The Balaban J connectivity index is 2.55. The van der Waals surface area contributed by atoms with E-state index in [9.17, 15) is 4.79 Å². The van der Waals surface area contributed by atoms with Crippen molar-refractivity contribution in [1.29, 1.82) is 0 Å². The van der Waals surface area contributed by atoms with Crippen molar-refractivity contribution in [2.45, 2.75) is 5.38 Å². The Morgan fingerprint density at radius 2 is 1.79 bits per heavy atom. The fourth-order valence-corrected chi connectivity index (χ4v) is 2.36. The van der Waals surface area contributed by atoms with E-state index in [0.29, 0.717) is 0 Å². The van der Waals surface area contributed by atoms with Gasteiger partial charge in [0.2, 0.25) is 0 Å². The average molecular weight is 203 g/mol. The number of Topliss-reactive ketones (excluding diaryl/α,β-unsaturated/α-hetero) is 1. The molecule has 68 valence electrons. The molecule has 0 radical (unpaired) electrons. The molecule has 2 aromatic carbocycles. The van der Waals surface area contributed by atoms with E-state index in [-0.39, 0.29) is 5.78 Å². The highest BCUT2D eigenvalue weighted by molar-refractivity contribution is 6.39. The Morgan fingerprint density at radius 1 is 1.07 bits per heavy atom. The van der Waals surface area contributed by atoms with Gasteiger partial charge in [0, 0.05) is 5.56 Å². The molecular formula is C12H7ClO. The lowest BCUT2D eigenvalue weighted by atomic mass is 10.1. The number of benzene rings is 2. The van der Waals surface area contributed by atoms with Crippen LogP contribution in [0.4, 0.5) is 0 Å². The highest BCUT2D eigenvalue weighted by Gasteiger charge is 2.30. The number of hydrogen-bond donors (Lipinski definition) is 0. The first kappa shape index (κ1) is 8.01. The van der Waals surface area contributed by atoms with Crippen LogP contribution in [0.15, 0.2) is 36.4 Å². The molecule has 0 aliphatic heterocycles. The van der Waals surface area contributed by atoms with Gasteiger partial charge in [-0.05, 0) is 16.3 Å². The molecule has 0 N–H and O–H groups in total. The molecular weight excluding hydrogens is 196 g/mol. The lowest BCUT2D eigenvalue weighted by molar-refractivity contribution is 0.0994. The summed E-state index contributed by atoms with van der Waals surface area (Å²) in [5.74, 6) is 0.0264. The zero-order valence-corrected chi connectivity index (χ0v) is 8.08. The Bertz CT molecular complexity index is 540. The third-order valence-corrected chi connectivity index (χ3v) is 3.14. The summed E-state index contributed by atoms with van der Waals surface area (Å²) >= 11 is 6.05. The van der Waals surface area contributed by atoms with Crippen LogP contribution < -0.4 is 0 Å². The normalized spacial score (nSPS) is 19.2. The van der Waals surface area contributed by atoms with Gasteiger partial charge in [-0.1, -0.05) is 36.4 Å². The minimum atomic E-state index is -0.490. The van der Waals surface area contributed by atoms with Crippen LogP contribution in [0.25, 0.3) is 10.8 Å². The van der Waals surface area contributed by atoms with E-state index in [4.69, 9.17) is 11.6 Å². The maximum Gasteiger partial charge on any atom is 0.185 e. The summed E-state index contributed by atoms with van der Waals surface area (Å²) in [5, 5.41) is 1.63. The summed E-state index contributed by atoms with van der Waals surface area (Å²) < 4.78 is 0. The van der Waals surface area contributed by atoms with Crippen LogP contribution in [0.1, 0.15) is 21.3 Å². The number of carbonyl (C=O) groups excluding carboxylic acids is 1. The summed E-state index contributed by atoms with van der Waals surface area (Å²) in [6.07, 6.45) is 0. The molecule has 0 saturated heterocycles. The maximum atomic E-state index is 11.7. The van der Waals surface area contributed by atoms with Gasteiger partial charge in [-0.15, -0.1) is 11.6 Å². The van der Waals surface area contributed by atoms with Gasteiger partial charge in [0.15, 0.2) is 5.78 Å². The van der Waals surface area contributed by atoms with Crippen molar-refractivity contribution >= 4 is 28.2 Å². The summed E-state index contributed by atoms with van der Waals surface area (Å²) in [6, 6.07) is 11.6. The zero-order chi connectivity index (χ0) is 9.71. The number of alkyl halides is 1. The Kier molecular flexibility index (Phi) is 1.48. The van der Waals surface area contributed by atoms with Gasteiger partial charge in [0.25, 0.3) is 0 Å². The molecule has 0 saturated carbocycles. The molecule has 1 nitrogen and oxygen atoms in total. The fraction of sp³-hybridized carbons (Fsp3) is 0.0833. The van der Waals surface area contributed by atoms with E-state index in [1.54, 1.807) is 0 Å². The van der Waals surface area contributed by atoms with Gasteiger partial charge >= 0.3 is 0 Å². The largest absolute Gasteiger partial charge is 0.292 e. The molecule has 0 aromatic heterocycles. The third kappa shape index (κ3) is 0.828. The fourth-order valence-electron chi connectivity index (χ4n) is 2.06. The second-order valence-corrected chi connectivity index (χ2v) is 3.91. The second kappa shape index (κ2) is 2.58. The van der Waals surface area contributed by atoms with Gasteiger partial charge in [0.05, 0.1) is 0 Å². The number of halogens is 1. The molecule has 0 bridgehead atoms. The molecule has 1 aliphatic rings. The van der Waals surface area contributed by atoms with Crippen molar-refractivity contribution in [2.75, 3.05) is 0 Å². The highest BCUT2D eigenvalue weighted by atomic mass is 35.5. The summed E-state index contributed by atoms with van der Waals surface area (Å²) in [7, 11) is 0. The molecule has 2 heteroatoms. The minimum absolute atomic E-state index is 0.0264. The monoisotopic (exact) mass is 202 g/mol. The van der Waals surface area contributed by atoms with Gasteiger partial charge in [0.1, 0.15) is 5.38 Å². The predicted octanol–water partition coefficient (Wildman–Crippen LogP) is 3.32. The molecule has 14 heavy (non-hydrogen) atoms. The van der Waals surface area contributed by atoms with Crippen LogP contribution in [0, 0.1) is 0 Å². The van der Waals surface area contributed by atoms with Crippen molar-refractivity contribution in [2.24, 2.45) is 0 Å². The summed E-state index contributed by atoms with van der Waals surface area (Å²) in [6.45, 7) is 0. The van der Waals surface area contributed by atoms with Crippen LogP contribution in [-0.2, 0) is 0 Å². The molecule has 0 spiro atoms. The van der Waals surface area contributed by atoms with E-state index in [2.05, 4.69) is 0 Å². The smallest absolute Gasteiger partial charge is 0.185 e. The number of carbonyl (C=O) groups is 1. The Labute approximate surface area is 86.3 Å². The topological polar surface area (TPSA) is 17.1 Å². The van der Waals surface area contributed by atoms with Gasteiger partial charge in [-0.25, -0.2) is 0 Å². The predicted molar refractivity (Wildman–Crippen MR) is 56.9 cm³/mol. The van der Waals surface area contributed by atoms with E-state index in [1.807, 2.05) is 36.4 Å². The molecule has 0 unspecified atom stereocenters. The first-order valence-corrected chi connectivity index (χ1v) is 4.92.